The van der Waals surface area contributed by atoms with Crippen LogP contribution >= 0.6 is 11.3 Å². The zero-order chi connectivity index (χ0) is 22.0. The van der Waals surface area contributed by atoms with Crippen molar-refractivity contribution in [1.82, 2.24) is 15.0 Å². The number of aromatic nitrogens is 3. The van der Waals surface area contributed by atoms with Crippen LogP contribution in [0.1, 0.15) is 34.3 Å². The van der Waals surface area contributed by atoms with Crippen molar-refractivity contribution in [3.05, 3.63) is 71.0 Å². The van der Waals surface area contributed by atoms with Crippen molar-refractivity contribution in [2.75, 3.05) is 10.5 Å². The number of sulfonamides is 1. The Morgan fingerprint density at radius 1 is 1.10 bits per heavy atom. The molecule has 0 aliphatic heterocycles. The highest BCUT2D eigenvalue weighted by atomic mass is 32.2. The molecule has 0 unspecified atom stereocenters. The van der Waals surface area contributed by atoms with E-state index in [9.17, 15) is 13.2 Å². The van der Waals surface area contributed by atoms with Gasteiger partial charge in [-0.05, 0) is 48.9 Å². The van der Waals surface area contributed by atoms with Crippen LogP contribution in [-0.4, -0.2) is 29.2 Å². The molecule has 3 aromatic heterocycles. The lowest BCUT2D eigenvalue weighted by Crippen LogP contribution is -2.15. The van der Waals surface area contributed by atoms with E-state index >= 15 is 0 Å². The van der Waals surface area contributed by atoms with Gasteiger partial charge in [0.25, 0.3) is 10.0 Å². The van der Waals surface area contributed by atoms with Gasteiger partial charge in [-0.1, -0.05) is 13.3 Å². The minimum atomic E-state index is -3.88. The third kappa shape index (κ3) is 4.25. The van der Waals surface area contributed by atoms with Crippen LogP contribution in [0.15, 0.2) is 59.8 Å². The van der Waals surface area contributed by atoms with Crippen LogP contribution < -0.4 is 10.5 Å². The number of nitrogens with two attached hydrogens (primary N) is 1. The van der Waals surface area contributed by atoms with Crippen LogP contribution in [-0.2, 0) is 16.4 Å². The summed E-state index contributed by atoms with van der Waals surface area (Å²) in [4.78, 5) is 26.4. The lowest BCUT2D eigenvalue weighted by Gasteiger charge is -2.07. The summed E-state index contributed by atoms with van der Waals surface area (Å²) in [5.74, 6) is -0.309. The van der Waals surface area contributed by atoms with Gasteiger partial charge in [0.1, 0.15) is 9.71 Å². The van der Waals surface area contributed by atoms with E-state index in [1.165, 1.54) is 48.0 Å². The lowest BCUT2D eigenvalue weighted by molar-refractivity contribution is 0.104. The average molecular weight is 454 g/mol. The van der Waals surface area contributed by atoms with Gasteiger partial charge in [0.15, 0.2) is 0 Å². The highest BCUT2D eigenvalue weighted by Gasteiger charge is 2.21. The van der Waals surface area contributed by atoms with E-state index in [1.54, 1.807) is 6.07 Å². The van der Waals surface area contributed by atoms with Crippen molar-refractivity contribution in [3.8, 4) is 0 Å². The third-order valence-corrected chi connectivity index (χ3v) is 7.04. The molecule has 3 N–H and O–H groups in total. The molecular weight excluding hydrogens is 434 g/mol. The number of anilines is 2. The number of carbonyl (C=O) groups excluding carboxylic acids is 1. The first-order valence-electron chi connectivity index (χ1n) is 9.51. The standard InChI is InChI=1S/C21H19N5O3S2/c1-2-4-14-7-10-16-17(22)19(30-20(16)25-14)18(27)13-5-8-15(9-6-13)31(28,29)26-21-23-11-3-12-24-21/h3,5-12H,2,4,22H2,1H3,(H,23,24,26). The number of nitrogen functional groups attached to an aromatic ring is 1. The van der Waals surface area contributed by atoms with Gasteiger partial charge in [-0.3, -0.25) is 4.79 Å². The maximum Gasteiger partial charge on any atom is 0.264 e. The second-order valence-corrected chi connectivity index (χ2v) is 9.46. The number of hydrogen-bond acceptors (Lipinski definition) is 8. The number of nitrogens with one attached hydrogen (secondary N) is 1. The Hall–Kier alpha value is -3.37. The second kappa shape index (κ2) is 8.40. The SMILES string of the molecule is CCCc1ccc2c(N)c(C(=O)c3ccc(S(=O)(=O)Nc4ncccn4)cc3)sc2n1. The summed E-state index contributed by atoms with van der Waals surface area (Å²) in [6.45, 7) is 2.08. The number of hydrogen-bond donors (Lipinski definition) is 2. The molecule has 0 atom stereocenters. The van der Waals surface area contributed by atoms with Crippen molar-refractivity contribution in [2.45, 2.75) is 24.7 Å². The molecule has 0 saturated heterocycles. The molecular formula is C21H19N5O3S2. The number of aryl methyl sites for hydroxylation is 1. The molecule has 4 rings (SSSR count). The number of ketones is 1. The Labute approximate surface area is 183 Å². The number of nitrogens with zero attached hydrogens (tertiary/aromatic N) is 3. The lowest BCUT2D eigenvalue weighted by atomic mass is 10.1. The van der Waals surface area contributed by atoms with E-state index in [0.29, 0.717) is 16.1 Å². The minimum absolute atomic E-state index is 0.00769. The average Bonchev–Trinajstić information content (AvgIpc) is 3.10. The van der Waals surface area contributed by atoms with Crippen LogP contribution in [0.5, 0.6) is 0 Å². The molecule has 0 amide bonds. The first-order chi connectivity index (χ1) is 14.9. The smallest absolute Gasteiger partial charge is 0.264 e. The Morgan fingerprint density at radius 2 is 1.81 bits per heavy atom. The molecule has 0 saturated carbocycles. The Morgan fingerprint density at radius 3 is 2.48 bits per heavy atom. The molecule has 0 fully saturated rings. The molecule has 31 heavy (non-hydrogen) atoms. The van der Waals surface area contributed by atoms with Crippen LogP contribution in [0.2, 0.25) is 0 Å². The fourth-order valence-electron chi connectivity index (χ4n) is 3.05. The fourth-order valence-corrected chi connectivity index (χ4v) is 5.08. The highest BCUT2D eigenvalue weighted by Crippen LogP contribution is 2.34. The number of benzene rings is 1. The quantitative estimate of drug-likeness (QED) is 0.409. The largest absolute Gasteiger partial charge is 0.397 e. The summed E-state index contributed by atoms with van der Waals surface area (Å²) in [6, 6.07) is 11.0. The summed E-state index contributed by atoms with van der Waals surface area (Å²) in [5, 5.41) is 0.750. The molecule has 8 nitrogen and oxygen atoms in total. The van der Waals surface area contributed by atoms with E-state index in [-0.39, 0.29) is 16.6 Å². The van der Waals surface area contributed by atoms with Crippen LogP contribution in [0.3, 0.4) is 0 Å². The number of rotatable bonds is 7. The van der Waals surface area contributed by atoms with Crippen molar-refractivity contribution >= 4 is 49.0 Å². The van der Waals surface area contributed by atoms with E-state index in [1.807, 2.05) is 12.1 Å². The molecule has 10 heteroatoms. The molecule has 3 heterocycles. The summed E-state index contributed by atoms with van der Waals surface area (Å²) in [5.41, 5.74) is 7.90. The van der Waals surface area contributed by atoms with Gasteiger partial charge in [0.05, 0.1) is 10.6 Å². The molecule has 0 bridgehead atoms. The normalized spacial score (nSPS) is 11.5. The molecule has 0 aliphatic carbocycles. The van der Waals surface area contributed by atoms with Gasteiger partial charge in [-0.15, -0.1) is 11.3 Å². The predicted octanol–water partition coefficient (Wildman–Crippen LogP) is 3.65. The van der Waals surface area contributed by atoms with Crippen molar-refractivity contribution in [3.63, 3.8) is 0 Å². The molecule has 0 aliphatic rings. The van der Waals surface area contributed by atoms with E-state index < -0.39 is 10.0 Å². The van der Waals surface area contributed by atoms with Crippen LogP contribution in [0.4, 0.5) is 11.6 Å². The van der Waals surface area contributed by atoms with Gasteiger partial charge in [0, 0.05) is 29.0 Å². The van der Waals surface area contributed by atoms with Crippen LogP contribution in [0, 0.1) is 0 Å². The summed E-state index contributed by atoms with van der Waals surface area (Å²) in [6.07, 6.45) is 4.70. The zero-order valence-electron chi connectivity index (χ0n) is 16.6. The van der Waals surface area contributed by atoms with Gasteiger partial charge in [-0.2, -0.15) is 0 Å². The molecule has 0 spiro atoms. The van der Waals surface area contributed by atoms with E-state index in [4.69, 9.17) is 5.73 Å². The first kappa shape index (κ1) is 20.9. The number of carbonyl (C=O) groups is 1. The monoisotopic (exact) mass is 453 g/mol. The summed E-state index contributed by atoms with van der Waals surface area (Å²) in [7, 11) is -3.88. The summed E-state index contributed by atoms with van der Waals surface area (Å²) >= 11 is 1.25. The number of fused-ring (bicyclic) bond motifs is 1. The Bertz CT molecular complexity index is 1350. The number of pyridine rings is 1. The second-order valence-electron chi connectivity index (χ2n) is 6.78. The van der Waals surface area contributed by atoms with E-state index in [0.717, 1.165) is 28.8 Å². The molecule has 4 aromatic rings. The molecule has 1 aromatic carbocycles. The maximum absolute atomic E-state index is 13.0. The van der Waals surface area contributed by atoms with Crippen molar-refractivity contribution in [1.29, 1.82) is 0 Å². The van der Waals surface area contributed by atoms with Gasteiger partial charge in [-0.25, -0.2) is 28.1 Å². The number of thiophene rings is 1. The van der Waals surface area contributed by atoms with Crippen LogP contribution in [0.25, 0.3) is 10.2 Å². The molecule has 0 radical (unpaired) electrons. The minimum Gasteiger partial charge on any atom is -0.397 e. The van der Waals surface area contributed by atoms with E-state index in [2.05, 4.69) is 26.6 Å². The summed E-state index contributed by atoms with van der Waals surface area (Å²) < 4.78 is 27.3. The van der Waals surface area contributed by atoms with Gasteiger partial charge in [0.2, 0.25) is 11.7 Å². The topological polar surface area (TPSA) is 128 Å². The highest BCUT2D eigenvalue weighted by molar-refractivity contribution is 7.92. The Balaban J connectivity index is 1.60. The fraction of sp³-hybridized carbons (Fsp3) is 0.143. The predicted molar refractivity (Wildman–Crippen MR) is 121 cm³/mol. The molecule has 158 valence electrons. The first-order valence-corrected chi connectivity index (χ1v) is 11.8. The maximum atomic E-state index is 13.0. The van der Waals surface area contributed by atoms with Gasteiger partial charge >= 0.3 is 0 Å². The Kier molecular flexibility index (Phi) is 5.66. The zero-order valence-corrected chi connectivity index (χ0v) is 18.2. The van der Waals surface area contributed by atoms with Gasteiger partial charge < -0.3 is 5.73 Å². The van der Waals surface area contributed by atoms with Crippen molar-refractivity contribution in [2.24, 2.45) is 0 Å². The third-order valence-electron chi connectivity index (χ3n) is 4.58. The van der Waals surface area contributed by atoms with Crippen molar-refractivity contribution < 1.29 is 13.2 Å².